The van der Waals surface area contributed by atoms with Crippen LogP contribution in [0, 0.1) is 0 Å². The number of hydrogen-bond acceptors (Lipinski definition) is 8. The number of likely N-dealkylation sites (tertiary alicyclic amines) is 1. The monoisotopic (exact) mass is 500 g/mol. The largest absolute Gasteiger partial charge is 0.480 e. The molecule has 0 saturated carbocycles. The number of carbonyl (C=O) groups is 2. The molecule has 0 aliphatic carbocycles. The number of rotatable bonds is 8. The van der Waals surface area contributed by atoms with Crippen LogP contribution in [0.5, 0.6) is 5.88 Å². The molecule has 11 heteroatoms. The first-order valence-electron chi connectivity index (χ1n) is 11.5. The van der Waals surface area contributed by atoms with Crippen LogP contribution < -0.4 is 15.4 Å². The summed E-state index contributed by atoms with van der Waals surface area (Å²) in [7, 11) is 1.49. The Morgan fingerprint density at radius 3 is 2.74 bits per heavy atom. The van der Waals surface area contributed by atoms with E-state index in [1.807, 2.05) is 6.08 Å². The maximum atomic E-state index is 12.9. The molecule has 186 valence electrons. The SMILES string of the molecule is COc1nc(N[C@@H]2CCN(C(=O)c3ccc(NC(=O)/C=C/CN4CCOCC4)cc3)C2)ncc1Cl. The zero-order valence-electron chi connectivity index (χ0n) is 19.6. The molecule has 2 aromatic rings. The highest BCUT2D eigenvalue weighted by Crippen LogP contribution is 2.23. The van der Waals surface area contributed by atoms with Gasteiger partial charge in [-0.15, -0.1) is 0 Å². The Labute approximate surface area is 209 Å². The molecule has 2 aliphatic heterocycles. The van der Waals surface area contributed by atoms with E-state index in [-0.39, 0.29) is 17.9 Å². The van der Waals surface area contributed by atoms with E-state index in [1.54, 1.807) is 29.2 Å². The number of anilines is 2. The Balaban J connectivity index is 1.25. The van der Waals surface area contributed by atoms with Gasteiger partial charge in [0.2, 0.25) is 17.7 Å². The third kappa shape index (κ3) is 6.91. The number of halogens is 1. The predicted octanol–water partition coefficient (Wildman–Crippen LogP) is 2.29. The molecule has 2 fully saturated rings. The molecule has 0 unspecified atom stereocenters. The summed E-state index contributed by atoms with van der Waals surface area (Å²) in [5.74, 6) is 0.443. The van der Waals surface area contributed by atoms with Crippen LogP contribution in [-0.2, 0) is 9.53 Å². The van der Waals surface area contributed by atoms with Crippen molar-refractivity contribution in [2.45, 2.75) is 12.5 Å². The molecular weight excluding hydrogens is 472 g/mol. The van der Waals surface area contributed by atoms with Crippen molar-refractivity contribution in [3.63, 3.8) is 0 Å². The van der Waals surface area contributed by atoms with E-state index in [9.17, 15) is 9.59 Å². The zero-order valence-corrected chi connectivity index (χ0v) is 20.3. The number of nitrogens with one attached hydrogen (secondary N) is 2. The Morgan fingerprint density at radius 2 is 2.00 bits per heavy atom. The summed E-state index contributed by atoms with van der Waals surface area (Å²) in [5, 5.41) is 6.39. The van der Waals surface area contributed by atoms with Gasteiger partial charge in [-0.3, -0.25) is 14.5 Å². The fourth-order valence-corrected chi connectivity index (χ4v) is 4.13. The van der Waals surface area contributed by atoms with Crippen LogP contribution in [-0.4, -0.2) is 90.7 Å². The van der Waals surface area contributed by atoms with Crippen LogP contribution in [0.4, 0.5) is 11.6 Å². The van der Waals surface area contributed by atoms with Gasteiger partial charge in [-0.2, -0.15) is 4.98 Å². The zero-order chi connectivity index (χ0) is 24.6. The number of benzene rings is 1. The Bertz CT molecular complexity index is 1060. The second-order valence-corrected chi connectivity index (χ2v) is 8.72. The summed E-state index contributed by atoms with van der Waals surface area (Å²) in [6, 6.07) is 6.95. The molecule has 2 N–H and O–H groups in total. The lowest BCUT2D eigenvalue weighted by atomic mass is 10.2. The highest BCUT2D eigenvalue weighted by molar-refractivity contribution is 6.31. The predicted molar refractivity (Wildman–Crippen MR) is 133 cm³/mol. The van der Waals surface area contributed by atoms with E-state index in [0.29, 0.717) is 47.7 Å². The second-order valence-electron chi connectivity index (χ2n) is 8.31. The van der Waals surface area contributed by atoms with Crippen molar-refractivity contribution in [2.24, 2.45) is 0 Å². The Kier molecular flexibility index (Phi) is 8.51. The lowest BCUT2D eigenvalue weighted by Gasteiger charge is -2.25. The van der Waals surface area contributed by atoms with Crippen LogP contribution >= 0.6 is 11.6 Å². The standard InChI is InChI=1S/C24H29ClN6O4/c1-34-22-20(25)15-26-24(29-22)28-19-8-10-31(16-19)23(33)17-4-6-18(7-5-17)27-21(32)3-2-9-30-11-13-35-14-12-30/h2-7,15,19H,8-14,16H2,1H3,(H,27,32)(H,26,28,29)/b3-2+/t19-/m1/s1. The van der Waals surface area contributed by atoms with Crippen LogP contribution in [0.15, 0.2) is 42.6 Å². The quantitative estimate of drug-likeness (QED) is 0.531. The first kappa shape index (κ1) is 24.9. The van der Waals surface area contributed by atoms with Crippen molar-refractivity contribution in [1.82, 2.24) is 19.8 Å². The summed E-state index contributed by atoms with van der Waals surface area (Å²) in [5.41, 5.74) is 1.20. The van der Waals surface area contributed by atoms with Gasteiger partial charge in [0.25, 0.3) is 5.91 Å². The van der Waals surface area contributed by atoms with Crippen molar-refractivity contribution in [3.8, 4) is 5.88 Å². The third-order valence-corrected chi connectivity index (χ3v) is 6.11. The summed E-state index contributed by atoms with van der Waals surface area (Å²) < 4.78 is 10.4. The van der Waals surface area contributed by atoms with Gasteiger partial charge in [0.05, 0.1) is 26.5 Å². The minimum absolute atomic E-state index is 0.0210. The summed E-state index contributed by atoms with van der Waals surface area (Å²) in [6.07, 6.45) is 5.63. The van der Waals surface area contributed by atoms with Crippen LogP contribution in [0.1, 0.15) is 16.8 Å². The Morgan fingerprint density at radius 1 is 1.23 bits per heavy atom. The van der Waals surface area contributed by atoms with E-state index in [2.05, 4.69) is 25.5 Å². The second kappa shape index (κ2) is 12.0. The van der Waals surface area contributed by atoms with Gasteiger partial charge in [0, 0.05) is 56.1 Å². The molecule has 0 bridgehead atoms. The van der Waals surface area contributed by atoms with Gasteiger partial charge >= 0.3 is 0 Å². The van der Waals surface area contributed by atoms with Crippen LogP contribution in [0.25, 0.3) is 0 Å². The number of hydrogen-bond donors (Lipinski definition) is 2. The number of methoxy groups -OCH3 is 1. The van der Waals surface area contributed by atoms with E-state index in [0.717, 1.165) is 32.7 Å². The first-order valence-corrected chi connectivity index (χ1v) is 11.9. The number of ether oxygens (including phenoxy) is 2. The maximum Gasteiger partial charge on any atom is 0.253 e. The molecule has 1 atom stereocenters. The van der Waals surface area contributed by atoms with Crippen molar-refractivity contribution < 1.29 is 19.1 Å². The average molecular weight is 501 g/mol. The molecule has 3 heterocycles. The molecule has 4 rings (SSSR count). The molecule has 0 radical (unpaired) electrons. The van der Waals surface area contributed by atoms with E-state index < -0.39 is 0 Å². The molecule has 2 aliphatic rings. The average Bonchev–Trinajstić information content (AvgIpc) is 3.34. The normalized spacial score (nSPS) is 18.6. The fraction of sp³-hybridized carbons (Fsp3) is 0.417. The highest BCUT2D eigenvalue weighted by Gasteiger charge is 2.27. The summed E-state index contributed by atoms with van der Waals surface area (Å²) in [4.78, 5) is 37.5. The smallest absolute Gasteiger partial charge is 0.253 e. The van der Waals surface area contributed by atoms with Gasteiger partial charge in [-0.1, -0.05) is 17.7 Å². The first-order chi connectivity index (χ1) is 17.0. The van der Waals surface area contributed by atoms with E-state index >= 15 is 0 Å². The number of carbonyl (C=O) groups excluding carboxylic acids is 2. The minimum Gasteiger partial charge on any atom is -0.480 e. The molecular formula is C24H29ClN6O4. The van der Waals surface area contributed by atoms with E-state index in [1.165, 1.54) is 19.4 Å². The van der Waals surface area contributed by atoms with Gasteiger partial charge in [0.15, 0.2) is 0 Å². The van der Waals surface area contributed by atoms with Crippen molar-refractivity contribution >= 4 is 35.1 Å². The van der Waals surface area contributed by atoms with Crippen molar-refractivity contribution in [1.29, 1.82) is 0 Å². The van der Waals surface area contributed by atoms with E-state index in [4.69, 9.17) is 21.1 Å². The van der Waals surface area contributed by atoms with Crippen LogP contribution in [0.2, 0.25) is 5.02 Å². The Hall–Kier alpha value is -3.21. The maximum absolute atomic E-state index is 12.9. The van der Waals surface area contributed by atoms with Gasteiger partial charge in [-0.05, 0) is 30.7 Å². The van der Waals surface area contributed by atoms with Gasteiger partial charge in [-0.25, -0.2) is 4.98 Å². The number of amides is 2. The van der Waals surface area contributed by atoms with Crippen molar-refractivity contribution in [3.05, 3.63) is 53.2 Å². The van der Waals surface area contributed by atoms with Crippen molar-refractivity contribution in [2.75, 3.05) is 63.7 Å². The topological polar surface area (TPSA) is 109 Å². The molecule has 1 aromatic carbocycles. The molecule has 0 spiro atoms. The number of nitrogens with zero attached hydrogens (tertiary/aromatic N) is 4. The third-order valence-electron chi connectivity index (χ3n) is 5.85. The summed E-state index contributed by atoms with van der Waals surface area (Å²) >= 11 is 5.97. The van der Waals surface area contributed by atoms with Gasteiger partial charge in [0.1, 0.15) is 5.02 Å². The molecule has 10 nitrogen and oxygen atoms in total. The lowest BCUT2D eigenvalue weighted by molar-refractivity contribution is -0.111. The molecule has 2 amide bonds. The highest BCUT2D eigenvalue weighted by atomic mass is 35.5. The fourth-order valence-electron chi connectivity index (χ4n) is 3.96. The minimum atomic E-state index is -0.202. The number of aromatic nitrogens is 2. The molecule has 1 aromatic heterocycles. The van der Waals surface area contributed by atoms with Crippen LogP contribution in [0.3, 0.4) is 0 Å². The lowest BCUT2D eigenvalue weighted by Crippen LogP contribution is -2.36. The number of morpholine rings is 1. The summed E-state index contributed by atoms with van der Waals surface area (Å²) in [6.45, 7) is 5.07. The van der Waals surface area contributed by atoms with Gasteiger partial charge < -0.3 is 25.0 Å². The molecule has 2 saturated heterocycles. The molecule has 35 heavy (non-hydrogen) atoms.